The highest BCUT2D eigenvalue weighted by Crippen LogP contribution is 2.29. The molecule has 1 N–H and O–H groups in total. The number of halogens is 2. The lowest BCUT2D eigenvalue weighted by Gasteiger charge is -2.31. The highest BCUT2D eigenvalue weighted by Gasteiger charge is 2.35. The predicted octanol–water partition coefficient (Wildman–Crippen LogP) is 3.04. The molecule has 6 heteroatoms. The van der Waals surface area contributed by atoms with E-state index >= 15 is 0 Å². The van der Waals surface area contributed by atoms with Gasteiger partial charge in [0.1, 0.15) is 12.1 Å². The van der Waals surface area contributed by atoms with Gasteiger partial charge < -0.3 is 5.32 Å². The topological polar surface area (TPSA) is 42.7 Å². The lowest BCUT2D eigenvalue weighted by atomic mass is 9.86. The fraction of sp³-hybridized carbons (Fsp3) is 0.467. The first-order valence-corrected chi connectivity index (χ1v) is 6.86. The lowest BCUT2D eigenvalue weighted by molar-refractivity contribution is -0.00260. The maximum Gasteiger partial charge on any atom is 0.245 e. The van der Waals surface area contributed by atoms with Crippen LogP contribution in [-0.4, -0.2) is 27.0 Å². The van der Waals surface area contributed by atoms with Crippen molar-refractivity contribution in [3.63, 3.8) is 0 Å². The van der Waals surface area contributed by atoms with Crippen molar-refractivity contribution < 1.29 is 8.78 Å². The quantitative estimate of drug-likeness (QED) is 0.890. The number of pyridine rings is 1. The molecule has 0 radical (unpaired) electrons. The summed E-state index contributed by atoms with van der Waals surface area (Å²) in [7, 11) is 0. The number of imidazole rings is 1. The normalized spacial score (nSPS) is 13.6. The Bertz CT molecular complexity index is 567. The summed E-state index contributed by atoms with van der Waals surface area (Å²) in [4.78, 5) is 8.33. The van der Waals surface area contributed by atoms with E-state index in [2.05, 4.69) is 15.3 Å². The van der Waals surface area contributed by atoms with Crippen molar-refractivity contribution in [3.8, 4) is 5.82 Å². The van der Waals surface area contributed by atoms with Crippen LogP contribution in [0.5, 0.6) is 0 Å². The van der Waals surface area contributed by atoms with Gasteiger partial charge in [-0.05, 0) is 13.0 Å². The summed E-state index contributed by atoms with van der Waals surface area (Å²) in [6.45, 7) is 5.38. The Kier molecular flexibility index (Phi) is 4.67. The van der Waals surface area contributed by atoms with Crippen molar-refractivity contribution in [2.45, 2.75) is 39.8 Å². The van der Waals surface area contributed by atoms with E-state index < -0.39 is 11.8 Å². The van der Waals surface area contributed by atoms with Gasteiger partial charge in [-0.15, -0.1) is 0 Å². The Balaban J connectivity index is 2.11. The van der Waals surface area contributed by atoms with Crippen molar-refractivity contribution in [2.75, 3.05) is 0 Å². The molecule has 0 bridgehead atoms. The number of hydrogen-bond donors (Lipinski definition) is 1. The molecular formula is C15H20F2N4. The van der Waals surface area contributed by atoms with Crippen molar-refractivity contribution in [2.24, 2.45) is 5.41 Å². The van der Waals surface area contributed by atoms with Crippen molar-refractivity contribution >= 4 is 0 Å². The Hall–Kier alpha value is -1.82. The molecular weight excluding hydrogens is 274 g/mol. The summed E-state index contributed by atoms with van der Waals surface area (Å²) in [5.41, 5.74) is -0.149. The van der Waals surface area contributed by atoms with Gasteiger partial charge in [-0.25, -0.2) is 18.7 Å². The molecule has 2 rings (SSSR count). The Morgan fingerprint density at radius 1 is 1.33 bits per heavy atom. The molecule has 0 aliphatic rings. The summed E-state index contributed by atoms with van der Waals surface area (Å²) in [5.74, 6) is 0.754. The molecule has 0 saturated heterocycles. The van der Waals surface area contributed by atoms with Gasteiger partial charge in [-0.2, -0.15) is 0 Å². The maximum absolute atomic E-state index is 13.0. The van der Waals surface area contributed by atoms with E-state index in [1.165, 1.54) is 0 Å². The summed E-state index contributed by atoms with van der Waals surface area (Å²) in [6, 6.07) is 3.44. The van der Waals surface area contributed by atoms with E-state index in [0.29, 0.717) is 6.54 Å². The summed E-state index contributed by atoms with van der Waals surface area (Å²) < 4.78 is 27.9. The minimum absolute atomic E-state index is 0.326. The molecule has 21 heavy (non-hydrogen) atoms. The molecule has 0 spiro atoms. The van der Waals surface area contributed by atoms with Gasteiger partial charge in [0.25, 0.3) is 0 Å². The first kappa shape index (κ1) is 15.6. The third kappa shape index (κ3) is 3.44. The smallest absolute Gasteiger partial charge is 0.245 e. The van der Waals surface area contributed by atoms with Gasteiger partial charge in [0, 0.05) is 42.2 Å². The van der Waals surface area contributed by atoms with Gasteiger partial charge in [-0.3, -0.25) is 4.57 Å². The zero-order valence-corrected chi connectivity index (χ0v) is 12.4. The van der Waals surface area contributed by atoms with Crippen LogP contribution < -0.4 is 5.32 Å². The molecule has 0 fully saturated rings. The number of alkyl halides is 2. The van der Waals surface area contributed by atoms with Crippen LogP contribution >= 0.6 is 0 Å². The summed E-state index contributed by atoms with van der Waals surface area (Å²) in [5, 5.41) is 3.17. The SMILES string of the molecule is CC(NCc1cccnc1-n1ccnc1)C(C)(C)C(F)F. The second-order valence-corrected chi connectivity index (χ2v) is 5.68. The number of nitrogens with one attached hydrogen (secondary N) is 1. The van der Waals surface area contributed by atoms with E-state index in [-0.39, 0.29) is 6.04 Å². The molecule has 0 aliphatic heterocycles. The molecule has 2 heterocycles. The van der Waals surface area contributed by atoms with Crippen LogP contribution in [-0.2, 0) is 6.54 Å². The van der Waals surface area contributed by atoms with Crippen LogP contribution in [0.25, 0.3) is 5.82 Å². The van der Waals surface area contributed by atoms with Crippen LogP contribution in [0.4, 0.5) is 8.78 Å². The molecule has 0 saturated carbocycles. The molecule has 0 amide bonds. The molecule has 2 aromatic rings. The molecule has 0 aliphatic carbocycles. The fourth-order valence-electron chi connectivity index (χ4n) is 1.90. The Labute approximate surface area is 123 Å². The predicted molar refractivity (Wildman–Crippen MR) is 77.4 cm³/mol. The van der Waals surface area contributed by atoms with Crippen LogP contribution in [0, 0.1) is 5.41 Å². The molecule has 1 unspecified atom stereocenters. The average Bonchev–Trinajstić information content (AvgIpc) is 2.98. The van der Waals surface area contributed by atoms with Crippen LogP contribution in [0.2, 0.25) is 0 Å². The number of aromatic nitrogens is 3. The highest BCUT2D eigenvalue weighted by atomic mass is 19.3. The Morgan fingerprint density at radius 2 is 2.10 bits per heavy atom. The van der Waals surface area contributed by atoms with Crippen molar-refractivity contribution in [3.05, 3.63) is 42.6 Å². The van der Waals surface area contributed by atoms with Gasteiger partial charge >= 0.3 is 0 Å². The monoisotopic (exact) mass is 294 g/mol. The maximum atomic E-state index is 13.0. The standard InChI is InChI=1S/C15H20F2N4/c1-11(15(2,3)14(16)17)20-9-12-5-4-6-19-13(12)21-8-7-18-10-21/h4-8,10-11,14,20H,9H2,1-3H3. The van der Waals surface area contributed by atoms with E-state index in [9.17, 15) is 8.78 Å². The highest BCUT2D eigenvalue weighted by molar-refractivity contribution is 5.33. The van der Waals surface area contributed by atoms with Gasteiger partial charge in [0.15, 0.2) is 0 Å². The van der Waals surface area contributed by atoms with Gasteiger partial charge in [0.2, 0.25) is 6.43 Å². The number of hydrogen-bond acceptors (Lipinski definition) is 3. The zero-order valence-electron chi connectivity index (χ0n) is 12.4. The summed E-state index contributed by atoms with van der Waals surface area (Å²) in [6.07, 6.45) is 4.47. The molecule has 114 valence electrons. The molecule has 2 aromatic heterocycles. The van der Waals surface area contributed by atoms with E-state index in [1.807, 2.05) is 12.1 Å². The molecule has 0 aromatic carbocycles. The number of nitrogens with zero attached hydrogens (tertiary/aromatic N) is 3. The minimum Gasteiger partial charge on any atom is -0.309 e. The Morgan fingerprint density at radius 3 is 2.71 bits per heavy atom. The second kappa shape index (κ2) is 6.30. The van der Waals surface area contributed by atoms with E-state index in [1.54, 1.807) is 50.3 Å². The lowest BCUT2D eigenvalue weighted by Crippen LogP contribution is -2.43. The first-order valence-electron chi connectivity index (χ1n) is 6.86. The molecule has 4 nitrogen and oxygen atoms in total. The van der Waals surface area contributed by atoms with Crippen LogP contribution in [0.15, 0.2) is 37.1 Å². The first-order chi connectivity index (χ1) is 9.93. The third-order valence-corrected chi connectivity index (χ3v) is 3.89. The van der Waals surface area contributed by atoms with Gasteiger partial charge in [-0.1, -0.05) is 19.9 Å². The van der Waals surface area contributed by atoms with Crippen molar-refractivity contribution in [1.29, 1.82) is 0 Å². The van der Waals surface area contributed by atoms with E-state index in [0.717, 1.165) is 11.4 Å². The van der Waals surface area contributed by atoms with Crippen LogP contribution in [0.1, 0.15) is 26.3 Å². The second-order valence-electron chi connectivity index (χ2n) is 5.68. The average molecular weight is 294 g/mol. The zero-order chi connectivity index (χ0) is 15.5. The van der Waals surface area contributed by atoms with Crippen molar-refractivity contribution in [1.82, 2.24) is 19.9 Å². The largest absolute Gasteiger partial charge is 0.309 e. The third-order valence-electron chi connectivity index (χ3n) is 3.89. The molecule has 1 atom stereocenters. The number of rotatable bonds is 6. The van der Waals surface area contributed by atoms with E-state index in [4.69, 9.17) is 0 Å². The van der Waals surface area contributed by atoms with Crippen LogP contribution in [0.3, 0.4) is 0 Å². The minimum atomic E-state index is -2.37. The summed E-state index contributed by atoms with van der Waals surface area (Å²) >= 11 is 0. The fourth-order valence-corrected chi connectivity index (χ4v) is 1.90. The van der Waals surface area contributed by atoms with Gasteiger partial charge in [0.05, 0.1) is 0 Å².